The van der Waals surface area contributed by atoms with E-state index in [0.29, 0.717) is 12.2 Å². The van der Waals surface area contributed by atoms with Crippen LogP contribution in [0.1, 0.15) is 28.2 Å². The molecule has 0 unspecified atom stereocenters. The minimum atomic E-state index is 0.309. The molecular weight excluding hydrogens is 138 g/mol. The lowest BCUT2D eigenvalue weighted by Crippen LogP contribution is -1.95. The Hall–Kier alpha value is -1.05. The van der Waals surface area contributed by atoms with Crippen molar-refractivity contribution in [3.05, 3.63) is 23.0 Å². The standard InChI is InChI=1S/C9H11NO/c1-6-5-7-8(10(6)2)3-4-9(7)11/h5H,3-4H2,1-2H3. The lowest BCUT2D eigenvalue weighted by molar-refractivity contribution is 0.0994. The molecular formula is C9H11NO. The Labute approximate surface area is 65.8 Å². The number of carbonyl (C=O) groups excluding carboxylic acids is 1. The molecule has 0 atom stereocenters. The third kappa shape index (κ3) is 0.754. The average molecular weight is 149 g/mol. The summed E-state index contributed by atoms with van der Waals surface area (Å²) in [4.78, 5) is 11.2. The second-order valence-electron chi connectivity index (χ2n) is 3.13. The SMILES string of the molecule is Cc1cc2c(n1C)CCC2=O. The summed E-state index contributed by atoms with van der Waals surface area (Å²) in [6.45, 7) is 2.03. The Morgan fingerprint density at radius 2 is 2.18 bits per heavy atom. The van der Waals surface area contributed by atoms with E-state index >= 15 is 0 Å². The number of fused-ring (bicyclic) bond motifs is 1. The van der Waals surface area contributed by atoms with Crippen LogP contribution in [0.5, 0.6) is 0 Å². The Kier molecular flexibility index (Phi) is 1.19. The molecule has 1 aliphatic rings. The van der Waals surface area contributed by atoms with Crippen LogP contribution in [0, 0.1) is 6.92 Å². The fourth-order valence-corrected chi connectivity index (χ4v) is 1.69. The van der Waals surface area contributed by atoms with E-state index in [4.69, 9.17) is 0 Å². The van der Waals surface area contributed by atoms with E-state index < -0.39 is 0 Å². The summed E-state index contributed by atoms with van der Waals surface area (Å²) in [5, 5.41) is 0. The molecule has 1 aromatic rings. The minimum Gasteiger partial charge on any atom is -0.351 e. The summed E-state index contributed by atoms with van der Waals surface area (Å²) in [7, 11) is 2.02. The molecule has 0 saturated carbocycles. The van der Waals surface area contributed by atoms with Crippen molar-refractivity contribution in [3.63, 3.8) is 0 Å². The lowest BCUT2D eigenvalue weighted by Gasteiger charge is -1.99. The van der Waals surface area contributed by atoms with E-state index in [1.165, 1.54) is 11.4 Å². The largest absolute Gasteiger partial charge is 0.351 e. The molecule has 0 spiro atoms. The Morgan fingerprint density at radius 3 is 2.82 bits per heavy atom. The fraction of sp³-hybridized carbons (Fsp3) is 0.444. The maximum Gasteiger partial charge on any atom is 0.165 e. The minimum absolute atomic E-state index is 0.309. The van der Waals surface area contributed by atoms with Gasteiger partial charge in [-0.25, -0.2) is 0 Å². The summed E-state index contributed by atoms with van der Waals surface area (Å²) >= 11 is 0. The van der Waals surface area contributed by atoms with Crippen molar-refractivity contribution in [1.29, 1.82) is 0 Å². The summed E-state index contributed by atoms with van der Waals surface area (Å²) in [5.41, 5.74) is 3.35. The van der Waals surface area contributed by atoms with Crippen LogP contribution >= 0.6 is 0 Å². The number of hydrogen-bond donors (Lipinski definition) is 0. The highest BCUT2D eigenvalue weighted by Crippen LogP contribution is 2.24. The zero-order valence-corrected chi connectivity index (χ0v) is 6.85. The molecule has 0 amide bonds. The first-order valence-corrected chi connectivity index (χ1v) is 3.88. The summed E-state index contributed by atoms with van der Waals surface area (Å²) in [6.07, 6.45) is 1.64. The van der Waals surface area contributed by atoms with Crippen LogP contribution in [0.15, 0.2) is 6.07 Å². The van der Waals surface area contributed by atoms with Crippen molar-refractivity contribution in [2.75, 3.05) is 0 Å². The molecule has 1 heterocycles. The van der Waals surface area contributed by atoms with Crippen molar-refractivity contribution in [2.24, 2.45) is 7.05 Å². The molecule has 0 aliphatic heterocycles. The lowest BCUT2D eigenvalue weighted by atomic mass is 10.2. The predicted octanol–water partition coefficient (Wildman–Crippen LogP) is 1.46. The number of rotatable bonds is 0. The summed E-state index contributed by atoms with van der Waals surface area (Å²) < 4.78 is 2.11. The molecule has 0 radical (unpaired) electrons. The fourth-order valence-electron chi connectivity index (χ4n) is 1.69. The zero-order chi connectivity index (χ0) is 8.01. The van der Waals surface area contributed by atoms with E-state index in [0.717, 1.165) is 12.0 Å². The Morgan fingerprint density at radius 1 is 1.45 bits per heavy atom. The molecule has 0 saturated heterocycles. The molecule has 2 rings (SSSR count). The number of aromatic nitrogens is 1. The van der Waals surface area contributed by atoms with Crippen molar-refractivity contribution in [3.8, 4) is 0 Å². The van der Waals surface area contributed by atoms with Gasteiger partial charge in [-0.2, -0.15) is 0 Å². The molecule has 2 nitrogen and oxygen atoms in total. The van der Waals surface area contributed by atoms with Gasteiger partial charge in [-0.15, -0.1) is 0 Å². The molecule has 1 aliphatic carbocycles. The maximum absolute atomic E-state index is 11.2. The van der Waals surface area contributed by atoms with Gasteiger partial charge in [-0.1, -0.05) is 0 Å². The average Bonchev–Trinajstić information content (AvgIpc) is 2.43. The first kappa shape index (κ1) is 6.65. The van der Waals surface area contributed by atoms with Gasteiger partial charge in [-0.3, -0.25) is 4.79 Å². The van der Waals surface area contributed by atoms with E-state index in [2.05, 4.69) is 4.57 Å². The molecule has 1 aromatic heterocycles. The molecule has 0 aromatic carbocycles. The third-order valence-corrected chi connectivity index (χ3v) is 2.49. The Bertz CT molecular complexity index is 323. The second-order valence-corrected chi connectivity index (χ2v) is 3.13. The molecule has 2 heteroatoms. The van der Waals surface area contributed by atoms with Gasteiger partial charge in [0.2, 0.25) is 0 Å². The topological polar surface area (TPSA) is 22.0 Å². The molecule has 58 valence electrons. The number of ketones is 1. The highest BCUT2D eigenvalue weighted by Gasteiger charge is 2.22. The number of Topliss-reactive ketones (excluding diaryl/α,β-unsaturated/α-hetero) is 1. The van der Waals surface area contributed by atoms with E-state index in [1.807, 2.05) is 20.0 Å². The maximum atomic E-state index is 11.2. The van der Waals surface area contributed by atoms with Gasteiger partial charge < -0.3 is 4.57 Å². The van der Waals surface area contributed by atoms with E-state index in [-0.39, 0.29) is 0 Å². The van der Waals surface area contributed by atoms with E-state index in [1.54, 1.807) is 0 Å². The number of nitrogens with zero attached hydrogens (tertiary/aromatic N) is 1. The van der Waals surface area contributed by atoms with Crippen LogP contribution in [0.2, 0.25) is 0 Å². The van der Waals surface area contributed by atoms with Crippen LogP contribution in [0.3, 0.4) is 0 Å². The smallest absolute Gasteiger partial charge is 0.165 e. The third-order valence-electron chi connectivity index (χ3n) is 2.49. The van der Waals surface area contributed by atoms with Crippen LogP contribution in [-0.2, 0) is 13.5 Å². The zero-order valence-electron chi connectivity index (χ0n) is 6.85. The van der Waals surface area contributed by atoms with Crippen LogP contribution in [-0.4, -0.2) is 10.4 Å². The van der Waals surface area contributed by atoms with Crippen LogP contribution in [0.4, 0.5) is 0 Å². The van der Waals surface area contributed by atoms with Gasteiger partial charge in [0.05, 0.1) is 0 Å². The number of carbonyl (C=O) groups is 1. The highest BCUT2D eigenvalue weighted by atomic mass is 16.1. The summed E-state index contributed by atoms with van der Waals surface area (Å²) in [6, 6.07) is 1.99. The highest BCUT2D eigenvalue weighted by molar-refractivity contribution is 6.00. The van der Waals surface area contributed by atoms with Crippen molar-refractivity contribution >= 4 is 5.78 Å². The van der Waals surface area contributed by atoms with Gasteiger partial charge in [-0.05, 0) is 19.4 Å². The Balaban J connectivity index is 2.66. The second kappa shape index (κ2) is 1.97. The molecule has 0 N–H and O–H groups in total. The van der Waals surface area contributed by atoms with Gasteiger partial charge in [0, 0.05) is 30.4 Å². The van der Waals surface area contributed by atoms with Crippen molar-refractivity contribution in [1.82, 2.24) is 4.57 Å². The summed E-state index contributed by atoms with van der Waals surface area (Å²) in [5.74, 6) is 0.309. The van der Waals surface area contributed by atoms with Crippen LogP contribution < -0.4 is 0 Å². The number of hydrogen-bond acceptors (Lipinski definition) is 1. The molecule has 0 fully saturated rings. The van der Waals surface area contributed by atoms with Crippen molar-refractivity contribution < 1.29 is 4.79 Å². The van der Waals surface area contributed by atoms with Gasteiger partial charge >= 0.3 is 0 Å². The predicted molar refractivity (Wildman–Crippen MR) is 42.8 cm³/mol. The van der Waals surface area contributed by atoms with Gasteiger partial charge in [0.15, 0.2) is 5.78 Å². The van der Waals surface area contributed by atoms with E-state index in [9.17, 15) is 4.79 Å². The first-order chi connectivity index (χ1) is 5.20. The number of aryl methyl sites for hydroxylation is 1. The quantitative estimate of drug-likeness (QED) is 0.547. The van der Waals surface area contributed by atoms with Crippen molar-refractivity contribution in [2.45, 2.75) is 19.8 Å². The van der Waals surface area contributed by atoms with Gasteiger partial charge in [0.25, 0.3) is 0 Å². The van der Waals surface area contributed by atoms with Crippen LogP contribution in [0.25, 0.3) is 0 Å². The van der Waals surface area contributed by atoms with Gasteiger partial charge in [0.1, 0.15) is 0 Å². The normalized spacial score (nSPS) is 15.6. The first-order valence-electron chi connectivity index (χ1n) is 3.88. The molecule has 0 bridgehead atoms. The monoisotopic (exact) mass is 149 g/mol. The molecule has 11 heavy (non-hydrogen) atoms.